The summed E-state index contributed by atoms with van der Waals surface area (Å²) in [6.07, 6.45) is 4.60. The number of nitrogens with one attached hydrogen (secondary N) is 1. The van der Waals surface area contributed by atoms with Gasteiger partial charge >= 0.3 is 0 Å². The highest BCUT2D eigenvalue weighted by Crippen LogP contribution is 2.30. The molecule has 2 aromatic heterocycles. The summed E-state index contributed by atoms with van der Waals surface area (Å²) in [6.45, 7) is 1.49. The van der Waals surface area contributed by atoms with Crippen molar-refractivity contribution < 1.29 is 29.2 Å². The highest BCUT2D eigenvalue weighted by Gasteiger charge is 2.27. The van der Waals surface area contributed by atoms with Gasteiger partial charge in [-0.3, -0.25) is 9.36 Å². The monoisotopic (exact) mass is 408 g/mol. The molecule has 158 valence electrons. The van der Waals surface area contributed by atoms with Crippen molar-refractivity contribution >= 4 is 22.9 Å². The number of nitrogens with zero attached hydrogens (tertiary/aromatic N) is 5. The predicted molar refractivity (Wildman–Crippen MR) is 99.1 cm³/mol. The zero-order chi connectivity index (χ0) is 21.1. The molecule has 0 aliphatic carbocycles. The van der Waals surface area contributed by atoms with Crippen molar-refractivity contribution in [3.8, 4) is 6.07 Å². The van der Waals surface area contributed by atoms with Crippen LogP contribution < -0.4 is 5.32 Å². The Hall–Kier alpha value is -2.69. The molecule has 1 saturated heterocycles. The number of imidazole rings is 1. The van der Waals surface area contributed by atoms with E-state index in [0.29, 0.717) is 30.0 Å². The smallest absolute Gasteiger partial charge is 0.222 e. The molecule has 1 aliphatic heterocycles. The summed E-state index contributed by atoms with van der Waals surface area (Å²) >= 11 is 0. The number of carbonyl (C=O) groups is 1. The molecule has 0 saturated carbocycles. The molecule has 1 amide bonds. The molecule has 2 unspecified atom stereocenters. The number of aromatic nitrogens is 4. The zero-order valence-electron chi connectivity index (χ0n) is 16.0. The van der Waals surface area contributed by atoms with E-state index in [-0.39, 0.29) is 38.4 Å². The minimum atomic E-state index is -0.341. The molecule has 3 N–H and O–H groups in total. The van der Waals surface area contributed by atoms with E-state index < -0.39 is 0 Å². The van der Waals surface area contributed by atoms with E-state index in [2.05, 4.69) is 25.0 Å². The summed E-state index contributed by atoms with van der Waals surface area (Å²) in [5.74, 6) is 0.176. The van der Waals surface area contributed by atoms with E-state index >= 15 is 0 Å². The summed E-state index contributed by atoms with van der Waals surface area (Å²) in [4.78, 5) is 23.6. The van der Waals surface area contributed by atoms with Crippen LogP contribution in [-0.2, 0) is 19.0 Å². The maximum Gasteiger partial charge on any atom is 0.222 e. The highest BCUT2D eigenvalue weighted by molar-refractivity contribution is 5.95. The van der Waals surface area contributed by atoms with Crippen LogP contribution in [0.2, 0.25) is 0 Å². The number of nitriles is 1. The number of rotatable bonds is 8. The molecule has 3 rings (SSSR count). The molecular formula is C17H24N6O6. The van der Waals surface area contributed by atoms with Gasteiger partial charge < -0.3 is 29.7 Å². The Labute approximate surface area is 167 Å². The van der Waals surface area contributed by atoms with Gasteiger partial charge in [-0.1, -0.05) is 0 Å². The number of anilines is 1. The van der Waals surface area contributed by atoms with Crippen molar-refractivity contribution in [1.29, 1.82) is 5.26 Å². The minimum Gasteiger partial charge on any atom is -0.394 e. The Morgan fingerprint density at radius 1 is 1.38 bits per heavy atom. The fraction of sp³-hybridized carbons (Fsp3) is 0.588. The van der Waals surface area contributed by atoms with Gasteiger partial charge in [0.25, 0.3) is 0 Å². The number of carbonyl (C=O) groups excluding carboxylic acids is 1. The first-order valence-corrected chi connectivity index (χ1v) is 8.95. The van der Waals surface area contributed by atoms with Crippen LogP contribution in [0.4, 0.5) is 5.82 Å². The first-order chi connectivity index (χ1) is 14.1. The predicted octanol–water partition coefficient (Wildman–Crippen LogP) is 0.295. The van der Waals surface area contributed by atoms with Crippen molar-refractivity contribution in [2.24, 2.45) is 0 Å². The molecule has 2 atom stereocenters. The number of amides is 1. The maximum absolute atomic E-state index is 11.1. The van der Waals surface area contributed by atoms with Crippen LogP contribution in [0.15, 0.2) is 12.7 Å². The van der Waals surface area contributed by atoms with Crippen LogP contribution in [-0.4, -0.2) is 68.5 Å². The second kappa shape index (κ2) is 12.0. The standard InChI is InChI=1S/C12H15N5O3.C5H9NO3/c1-7(19)16-11-10-12(14-5-13-11)17(6-15-10)9-3-2-8(4-18)20-9;6-2-1-3-8-5-9-4-7/h5-6,8-9,18H,2-4H2,1H3,(H,13,14,16,19);7H,1,3-5H2. The summed E-state index contributed by atoms with van der Waals surface area (Å²) < 4.78 is 16.6. The molecule has 3 heterocycles. The van der Waals surface area contributed by atoms with E-state index in [1.807, 2.05) is 6.07 Å². The maximum atomic E-state index is 11.1. The Morgan fingerprint density at radius 3 is 2.86 bits per heavy atom. The van der Waals surface area contributed by atoms with E-state index in [1.165, 1.54) is 13.3 Å². The second-order valence-electron chi connectivity index (χ2n) is 5.97. The van der Waals surface area contributed by atoms with Crippen molar-refractivity contribution in [3.05, 3.63) is 12.7 Å². The largest absolute Gasteiger partial charge is 0.394 e. The molecule has 2 aromatic rings. The van der Waals surface area contributed by atoms with Crippen LogP contribution in [0.1, 0.15) is 32.4 Å². The van der Waals surface area contributed by atoms with Gasteiger partial charge in [0.15, 0.2) is 17.0 Å². The molecule has 0 spiro atoms. The number of hydrogen-bond acceptors (Lipinski definition) is 10. The van der Waals surface area contributed by atoms with Crippen molar-refractivity contribution in [1.82, 2.24) is 19.5 Å². The normalized spacial score (nSPS) is 18.1. The lowest BCUT2D eigenvalue weighted by Gasteiger charge is -2.13. The molecule has 0 aromatic carbocycles. The average Bonchev–Trinajstić information content (AvgIpc) is 3.35. The Balaban J connectivity index is 0.000000284. The van der Waals surface area contributed by atoms with Crippen LogP contribution in [0.25, 0.3) is 11.2 Å². The van der Waals surface area contributed by atoms with Crippen LogP contribution >= 0.6 is 0 Å². The van der Waals surface area contributed by atoms with E-state index in [0.717, 1.165) is 12.8 Å². The minimum absolute atomic E-state index is 0.00918. The molecule has 12 nitrogen and oxygen atoms in total. The third-order valence-corrected chi connectivity index (χ3v) is 3.87. The molecule has 29 heavy (non-hydrogen) atoms. The van der Waals surface area contributed by atoms with Gasteiger partial charge in [-0.15, -0.1) is 0 Å². The van der Waals surface area contributed by atoms with Gasteiger partial charge in [0.2, 0.25) is 5.91 Å². The van der Waals surface area contributed by atoms with Gasteiger partial charge in [0, 0.05) is 6.92 Å². The van der Waals surface area contributed by atoms with Gasteiger partial charge in [-0.05, 0) is 12.8 Å². The molecule has 1 fully saturated rings. The Bertz CT molecular complexity index is 822. The third kappa shape index (κ3) is 6.70. The fourth-order valence-electron chi connectivity index (χ4n) is 2.62. The quantitative estimate of drug-likeness (QED) is 0.408. The summed E-state index contributed by atoms with van der Waals surface area (Å²) in [5.41, 5.74) is 1.13. The Kier molecular flexibility index (Phi) is 9.35. The number of ether oxygens (including phenoxy) is 3. The molecule has 0 radical (unpaired) electrons. The number of hydrogen-bond donors (Lipinski definition) is 3. The number of fused-ring (bicyclic) bond motifs is 1. The van der Waals surface area contributed by atoms with E-state index in [1.54, 1.807) is 10.9 Å². The van der Waals surface area contributed by atoms with Gasteiger partial charge in [-0.25, -0.2) is 15.0 Å². The zero-order valence-corrected chi connectivity index (χ0v) is 16.0. The van der Waals surface area contributed by atoms with E-state index in [9.17, 15) is 4.79 Å². The lowest BCUT2D eigenvalue weighted by Crippen LogP contribution is -2.14. The summed E-state index contributed by atoms with van der Waals surface area (Å²) in [6, 6.07) is 1.90. The van der Waals surface area contributed by atoms with Crippen molar-refractivity contribution in [2.45, 2.75) is 38.5 Å². The van der Waals surface area contributed by atoms with Crippen molar-refractivity contribution in [2.75, 3.05) is 32.1 Å². The fourth-order valence-corrected chi connectivity index (χ4v) is 2.62. The van der Waals surface area contributed by atoms with Crippen molar-refractivity contribution in [3.63, 3.8) is 0 Å². The second-order valence-corrected chi connectivity index (χ2v) is 5.97. The number of aliphatic hydroxyl groups is 2. The van der Waals surface area contributed by atoms with Gasteiger partial charge in [-0.2, -0.15) is 5.26 Å². The first kappa shape index (κ1) is 22.6. The third-order valence-electron chi connectivity index (χ3n) is 3.87. The molecule has 1 aliphatic rings. The molecule has 12 heteroatoms. The van der Waals surface area contributed by atoms with Crippen LogP contribution in [0.3, 0.4) is 0 Å². The Morgan fingerprint density at radius 2 is 2.21 bits per heavy atom. The average molecular weight is 408 g/mol. The summed E-state index contributed by atoms with van der Waals surface area (Å²) in [7, 11) is 0. The SMILES string of the molecule is CC(=O)Nc1ncnc2c1ncn2C1CCC(CO)O1.N#CCCOCOCO. The number of aliphatic hydroxyl groups excluding tert-OH is 2. The molecule has 0 bridgehead atoms. The van der Waals surface area contributed by atoms with E-state index in [4.69, 9.17) is 24.9 Å². The van der Waals surface area contributed by atoms with Crippen LogP contribution in [0, 0.1) is 11.3 Å². The van der Waals surface area contributed by atoms with Gasteiger partial charge in [0.1, 0.15) is 26.1 Å². The summed E-state index contributed by atoms with van der Waals surface area (Å²) in [5, 5.41) is 27.8. The molecular weight excluding hydrogens is 384 g/mol. The lowest BCUT2D eigenvalue weighted by atomic mass is 10.2. The topological polar surface area (TPSA) is 165 Å². The van der Waals surface area contributed by atoms with Gasteiger partial charge in [0.05, 0.1) is 38.1 Å². The highest BCUT2D eigenvalue weighted by atomic mass is 16.7. The van der Waals surface area contributed by atoms with Crippen LogP contribution in [0.5, 0.6) is 0 Å². The lowest BCUT2D eigenvalue weighted by molar-refractivity contribution is -0.114. The first-order valence-electron chi connectivity index (χ1n) is 8.95.